The fourth-order valence-corrected chi connectivity index (χ4v) is 3.78. The Morgan fingerprint density at radius 1 is 1.26 bits per heavy atom. The molecule has 27 heavy (non-hydrogen) atoms. The second-order valence-corrected chi connectivity index (χ2v) is 6.82. The third kappa shape index (κ3) is 3.18. The predicted octanol–water partition coefficient (Wildman–Crippen LogP) is 1.18. The Kier molecular flexibility index (Phi) is 4.39. The fraction of sp³-hybridized carbons (Fsp3) is 0.368. The molecular formula is C19H21N5O3. The zero-order valence-corrected chi connectivity index (χ0v) is 15.1. The van der Waals surface area contributed by atoms with Crippen LogP contribution in [0.15, 0.2) is 46.1 Å². The number of carbonyl (C=O) groups is 1. The highest BCUT2D eigenvalue weighted by Gasteiger charge is 2.32. The van der Waals surface area contributed by atoms with E-state index in [4.69, 9.17) is 4.98 Å². The van der Waals surface area contributed by atoms with E-state index in [-0.39, 0.29) is 24.9 Å². The van der Waals surface area contributed by atoms with E-state index in [9.17, 15) is 14.4 Å². The summed E-state index contributed by atoms with van der Waals surface area (Å²) in [6, 6.07) is 9.16. The van der Waals surface area contributed by atoms with E-state index in [0.29, 0.717) is 6.54 Å². The minimum atomic E-state index is -0.497. The van der Waals surface area contributed by atoms with Crippen LogP contribution < -0.4 is 11.2 Å². The highest BCUT2D eigenvalue weighted by Crippen LogP contribution is 2.33. The molecule has 3 heterocycles. The number of aromatic amines is 1. The first kappa shape index (κ1) is 17.3. The van der Waals surface area contributed by atoms with E-state index < -0.39 is 11.2 Å². The number of fused-ring (bicyclic) bond motifs is 1. The summed E-state index contributed by atoms with van der Waals surface area (Å²) in [4.78, 5) is 44.5. The molecule has 1 atom stereocenters. The van der Waals surface area contributed by atoms with Gasteiger partial charge in [0.05, 0.1) is 17.1 Å². The predicted molar refractivity (Wildman–Crippen MR) is 100 cm³/mol. The van der Waals surface area contributed by atoms with Gasteiger partial charge >= 0.3 is 5.69 Å². The van der Waals surface area contributed by atoms with Crippen LogP contribution in [0.1, 0.15) is 31.1 Å². The van der Waals surface area contributed by atoms with Gasteiger partial charge in [-0.05, 0) is 25.0 Å². The summed E-state index contributed by atoms with van der Waals surface area (Å²) in [5.41, 5.74) is 1.04. The molecule has 3 aromatic rings. The number of hydrogen-bond donors (Lipinski definition) is 1. The van der Waals surface area contributed by atoms with Crippen molar-refractivity contribution in [3.05, 3.63) is 63.2 Å². The molecule has 1 aliphatic rings. The maximum atomic E-state index is 12.8. The van der Waals surface area contributed by atoms with Gasteiger partial charge in [0.2, 0.25) is 5.91 Å². The smallest absolute Gasteiger partial charge is 0.328 e. The van der Waals surface area contributed by atoms with Crippen LogP contribution in [0.25, 0.3) is 11.0 Å². The van der Waals surface area contributed by atoms with Crippen molar-refractivity contribution in [2.24, 2.45) is 7.05 Å². The van der Waals surface area contributed by atoms with Gasteiger partial charge in [0, 0.05) is 38.8 Å². The number of hydrogen-bond acceptors (Lipinski definition) is 4. The zero-order chi connectivity index (χ0) is 19.0. The van der Waals surface area contributed by atoms with Crippen LogP contribution in [-0.4, -0.2) is 36.5 Å². The van der Waals surface area contributed by atoms with Crippen molar-refractivity contribution < 1.29 is 4.79 Å². The lowest BCUT2D eigenvalue weighted by Crippen LogP contribution is -2.34. The van der Waals surface area contributed by atoms with Gasteiger partial charge in [-0.15, -0.1) is 0 Å². The van der Waals surface area contributed by atoms with Crippen molar-refractivity contribution >= 4 is 16.9 Å². The van der Waals surface area contributed by atoms with Crippen LogP contribution in [0, 0.1) is 0 Å². The summed E-state index contributed by atoms with van der Waals surface area (Å²) >= 11 is 0. The molecule has 2 aromatic heterocycles. The number of para-hydroxylation sites is 2. The number of amides is 1. The van der Waals surface area contributed by atoms with Crippen molar-refractivity contribution in [2.75, 3.05) is 6.54 Å². The highest BCUT2D eigenvalue weighted by molar-refractivity contribution is 5.78. The molecule has 8 nitrogen and oxygen atoms in total. The molecule has 8 heteroatoms. The number of aromatic nitrogens is 4. The molecule has 1 N–H and O–H groups in total. The second kappa shape index (κ2) is 6.86. The van der Waals surface area contributed by atoms with Gasteiger partial charge in [-0.3, -0.25) is 14.6 Å². The monoisotopic (exact) mass is 367 g/mol. The van der Waals surface area contributed by atoms with Crippen LogP contribution in [0.3, 0.4) is 0 Å². The van der Waals surface area contributed by atoms with E-state index in [1.165, 1.54) is 16.8 Å². The third-order valence-electron chi connectivity index (χ3n) is 5.16. The normalized spacial score (nSPS) is 16.9. The third-order valence-corrected chi connectivity index (χ3v) is 5.16. The molecule has 1 aliphatic heterocycles. The first-order valence-corrected chi connectivity index (χ1v) is 9.05. The first-order valence-electron chi connectivity index (χ1n) is 9.05. The number of H-pyrrole nitrogens is 1. The van der Waals surface area contributed by atoms with Crippen molar-refractivity contribution in [1.29, 1.82) is 0 Å². The van der Waals surface area contributed by atoms with E-state index in [2.05, 4.69) is 9.55 Å². The number of likely N-dealkylation sites (tertiary alicyclic amines) is 1. The number of nitrogens with zero attached hydrogens (tertiary/aromatic N) is 4. The molecule has 140 valence electrons. The van der Waals surface area contributed by atoms with Gasteiger partial charge < -0.3 is 14.0 Å². The SMILES string of the molecule is Cn1c([C@@H]2CCCN2C(=O)CCn2ccc(=O)[nH]c2=O)nc2ccccc21. The molecular weight excluding hydrogens is 346 g/mol. The largest absolute Gasteiger partial charge is 0.332 e. The molecule has 1 fully saturated rings. The van der Waals surface area contributed by atoms with Crippen LogP contribution >= 0.6 is 0 Å². The number of rotatable bonds is 4. The van der Waals surface area contributed by atoms with Crippen LogP contribution in [0.5, 0.6) is 0 Å². The van der Waals surface area contributed by atoms with Crippen LogP contribution in [0.2, 0.25) is 0 Å². The topological polar surface area (TPSA) is 93.0 Å². The summed E-state index contributed by atoms with van der Waals surface area (Å²) in [5, 5.41) is 0. The Morgan fingerprint density at radius 2 is 2.07 bits per heavy atom. The van der Waals surface area contributed by atoms with Gasteiger partial charge in [0.1, 0.15) is 5.82 Å². The summed E-state index contributed by atoms with van der Waals surface area (Å²) in [6.07, 6.45) is 3.42. The Hall–Kier alpha value is -3.16. The fourth-order valence-electron chi connectivity index (χ4n) is 3.78. The Morgan fingerprint density at radius 3 is 2.85 bits per heavy atom. The number of carbonyl (C=O) groups excluding carboxylic acids is 1. The van der Waals surface area contributed by atoms with Crippen molar-refractivity contribution in [3.8, 4) is 0 Å². The molecule has 0 unspecified atom stereocenters. The van der Waals surface area contributed by atoms with E-state index >= 15 is 0 Å². The lowest BCUT2D eigenvalue weighted by molar-refractivity contribution is -0.132. The van der Waals surface area contributed by atoms with E-state index in [0.717, 1.165) is 29.7 Å². The molecule has 0 aliphatic carbocycles. The van der Waals surface area contributed by atoms with Gasteiger partial charge in [0.15, 0.2) is 0 Å². The minimum Gasteiger partial charge on any atom is -0.332 e. The van der Waals surface area contributed by atoms with Crippen molar-refractivity contribution in [1.82, 2.24) is 24.0 Å². The number of benzene rings is 1. The summed E-state index contributed by atoms with van der Waals surface area (Å²) in [6.45, 7) is 0.924. The molecule has 0 radical (unpaired) electrons. The Balaban J connectivity index is 1.53. The van der Waals surface area contributed by atoms with Gasteiger partial charge in [-0.1, -0.05) is 12.1 Å². The standard InChI is InChI=1S/C19H21N5O3/c1-22-14-6-3-2-5-13(14)20-18(22)15-7-4-10-24(15)17(26)9-12-23-11-8-16(25)21-19(23)27/h2-3,5-6,8,11,15H,4,7,9-10,12H2,1H3,(H,21,25,27)/t15-/m0/s1. The summed E-state index contributed by atoms with van der Waals surface area (Å²) < 4.78 is 3.40. The Labute approximate surface area is 155 Å². The highest BCUT2D eigenvalue weighted by atomic mass is 16.2. The average Bonchev–Trinajstić information content (AvgIpc) is 3.26. The van der Waals surface area contributed by atoms with Crippen LogP contribution in [-0.2, 0) is 18.4 Å². The summed E-state index contributed by atoms with van der Waals surface area (Å²) in [7, 11) is 1.98. The first-order chi connectivity index (χ1) is 13.0. The second-order valence-electron chi connectivity index (χ2n) is 6.82. The van der Waals surface area contributed by atoms with Gasteiger partial charge in [-0.25, -0.2) is 9.78 Å². The van der Waals surface area contributed by atoms with Gasteiger partial charge in [0.25, 0.3) is 5.56 Å². The minimum absolute atomic E-state index is 0.0114. The lowest BCUT2D eigenvalue weighted by Gasteiger charge is -2.24. The van der Waals surface area contributed by atoms with Gasteiger partial charge in [-0.2, -0.15) is 0 Å². The van der Waals surface area contributed by atoms with E-state index in [1.807, 2.05) is 36.2 Å². The molecule has 1 amide bonds. The molecule has 1 saturated heterocycles. The van der Waals surface area contributed by atoms with Crippen LogP contribution in [0.4, 0.5) is 0 Å². The zero-order valence-electron chi connectivity index (χ0n) is 15.1. The molecule has 0 bridgehead atoms. The summed E-state index contributed by atoms with van der Waals surface area (Å²) in [5.74, 6) is 0.880. The lowest BCUT2D eigenvalue weighted by atomic mass is 10.2. The van der Waals surface area contributed by atoms with Crippen molar-refractivity contribution in [2.45, 2.75) is 31.8 Å². The number of imidazole rings is 1. The van der Waals surface area contributed by atoms with Crippen molar-refractivity contribution in [3.63, 3.8) is 0 Å². The Bertz CT molecular complexity index is 1110. The molecule has 4 rings (SSSR count). The molecule has 0 spiro atoms. The quantitative estimate of drug-likeness (QED) is 0.749. The average molecular weight is 367 g/mol. The number of nitrogens with one attached hydrogen (secondary N) is 1. The van der Waals surface area contributed by atoms with E-state index in [1.54, 1.807) is 0 Å². The number of aryl methyl sites for hydroxylation is 2. The molecule has 0 saturated carbocycles. The molecule has 1 aromatic carbocycles. The maximum absolute atomic E-state index is 12.8. The maximum Gasteiger partial charge on any atom is 0.328 e.